The van der Waals surface area contributed by atoms with Gasteiger partial charge >= 0.3 is 17.9 Å². The summed E-state index contributed by atoms with van der Waals surface area (Å²) in [5, 5.41) is 9.66. The van der Waals surface area contributed by atoms with E-state index in [0.29, 0.717) is 23.9 Å². The van der Waals surface area contributed by atoms with E-state index in [-0.39, 0.29) is 32.2 Å². The second kappa shape index (κ2) is 43.9. The minimum absolute atomic E-state index is 0.184. The summed E-state index contributed by atoms with van der Waals surface area (Å²) in [5.74, 6) is -2.02. The summed E-state index contributed by atoms with van der Waals surface area (Å²) in [6.07, 6.45) is 48.8. The maximum atomic E-state index is 12.8. The molecule has 0 aliphatic carbocycles. The first kappa shape index (κ1) is 58.2. The number of hydrogen-bond donors (Lipinski definition) is 1. The van der Waals surface area contributed by atoms with Crippen molar-refractivity contribution in [2.45, 2.75) is 219 Å². The maximum absolute atomic E-state index is 12.8. The minimum atomic E-state index is -1.51. The zero-order valence-electron chi connectivity index (χ0n) is 40.1. The number of unbranched alkanes of at least 4 members (excludes halogenated alkanes) is 22. The maximum Gasteiger partial charge on any atom is 0.361 e. The van der Waals surface area contributed by atoms with Crippen LogP contribution in [0.2, 0.25) is 0 Å². The van der Waals surface area contributed by atoms with Gasteiger partial charge < -0.3 is 28.5 Å². The van der Waals surface area contributed by atoms with Crippen molar-refractivity contribution in [3.8, 4) is 0 Å². The zero-order chi connectivity index (χ0) is 44.9. The molecule has 9 heteroatoms. The predicted molar refractivity (Wildman–Crippen MR) is 253 cm³/mol. The van der Waals surface area contributed by atoms with Gasteiger partial charge in [0.05, 0.1) is 34.4 Å². The van der Waals surface area contributed by atoms with Crippen LogP contribution in [0.25, 0.3) is 0 Å². The lowest BCUT2D eigenvalue weighted by Crippen LogP contribution is -2.40. The molecule has 0 radical (unpaired) electrons. The summed E-state index contributed by atoms with van der Waals surface area (Å²) in [6.45, 7) is 4.76. The molecule has 0 aliphatic rings. The number of ether oxygens (including phenoxy) is 4. The second-order valence-corrected chi connectivity index (χ2v) is 17.8. The Hall–Kier alpha value is -2.75. The molecule has 0 heterocycles. The number of aliphatic carboxylic acids is 1. The number of likely N-dealkylation sites (N-methyl/N-ethyl adjacent to an activating group) is 1. The number of carbonyl (C=O) groups is 3. The van der Waals surface area contributed by atoms with E-state index < -0.39 is 24.3 Å². The van der Waals surface area contributed by atoms with Gasteiger partial charge in [-0.2, -0.15) is 0 Å². The summed E-state index contributed by atoms with van der Waals surface area (Å²) < 4.78 is 22.8. The zero-order valence-corrected chi connectivity index (χ0v) is 40.1. The third-order valence-corrected chi connectivity index (χ3v) is 10.6. The van der Waals surface area contributed by atoms with Gasteiger partial charge in [-0.3, -0.25) is 9.59 Å². The highest BCUT2D eigenvalue weighted by Gasteiger charge is 2.25. The molecule has 0 amide bonds. The monoisotopic (exact) mass is 861 g/mol. The highest BCUT2D eigenvalue weighted by molar-refractivity contribution is 5.71. The van der Waals surface area contributed by atoms with E-state index in [4.69, 9.17) is 18.9 Å². The first-order valence-electron chi connectivity index (χ1n) is 24.8. The molecule has 354 valence electrons. The van der Waals surface area contributed by atoms with Crippen molar-refractivity contribution in [3.63, 3.8) is 0 Å². The van der Waals surface area contributed by atoms with E-state index in [1.54, 1.807) is 0 Å². The normalized spacial score (nSPS) is 13.3. The van der Waals surface area contributed by atoms with Gasteiger partial charge in [0.2, 0.25) is 0 Å². The lowest BCUT2D eigenvalue weighted by molar-refractivity contribution is -0.870. The number of nitrogens with zero attached hydrogens (tertiary/aromatic N) is 1. The van der Waals surface area contributed by atoms with Crippen LogP contribution in [0.3, 0.4) is 0 Å². The van der Waals surface area contributed by atoms with Crippen LogP contribution in [-0.2, 0) is 33.3 Å². The molecule has 0 bridgehead atoms. The van der Waals surface area contributed by atoms with E-state index in [0.717, 1.165) is 83.5 Å². The van der Waals surface area contributed by atoms with Crippen LogP contribution in [0.4, 0.5) is 0 Å². The molecule has 0 fully saturated rings. The van der Waals surface area contributed by atoms with E-state index in [2.05, 4.69) is 62.5 Å². The van der Waals surface area contributed by atoms with Crippen molar-refractivity contribution in [3.05, 3.63) is 48.6 Å². The lowest BCUT2D eigenvalue weighted by Gasteiger charge is -2.25. The average Bonchev–Trinajstić information content (AvgIpc) is 3.22. The molecule has 0 aromatic heterocycles. The number of allylic oxidation sites excluding steroid dienone is 8. The fraction of sp³-hybridized carbons (Fsp3) is 0.788. The SMILES string of the molecule is CC/C=C\C/C=C\C/C=C\C/C=C\CCCCCCCCC(=O)OC(COC(=O)CCCCCCCCCCCCCCCCCCC)COC(OCC[N+](C)(C)C)C(=O)O. The van der Waals surface area contributed by atoms with Gasteiger partial charge in [0.25, 0.3) is 6.29 Å². The number of carbonyl (C=O) groups excluding carboxylic acids is 2. The Morgan fingerprint density at radius 1 is 0.508 bits per heavy atom. The Morgan fingerprint density at radius 2 is 0.934 bits per heavy atom. The van der Waals surface area contributed by atoms with Crippen molar-refractivity contribution >= 4 is 17.9 Å². The Bertz CT molecular complexity index is 1140. The number of carboxylic acids is 1. The van der Waals surface area contributed by atoms with Crippen molar-refractivity contribution < 1.29 is 42.9 Å². The van der Waals surface area contributed by atoms with Crippen LogP contribution in [-0.4, -0.2) is 87.4 Å². The standard InChI is InChI=1S/C52H93NO8/c1-6-8-10-12-14-16-18-20-22-24-25-27-29-31-33-35-37-39-41-43-50(55)61-48(47-60-52(51(56)57)58-45-44-53(3,4)5)46-59-49(54)42-40-38-36-34-32-30-28-26-23-21-19-17-15-13-11-9-7-2/h8,10,14,16,20,22,25,27,48,52H,6-7,9,11-13,15,17-19,21,23-24,26,28-47H2,1-5H3/p+1/b10-8-,16-14-,22-20-,27-25-. The van der Waals surface area contributed by atoms with Crippen LogP contribution < -0.4 is 0 Å². The highest BCUT2D eigenvalue weighted by Crippen LogP contribution is 2.15. The van der Waals surface area contributed by atoms with E-state index in [9.17, 15) is 19.5 Å². The third-order valence-electron chi connectivity index (χ3n) is 10.6. The van der Waals surface area contributed by atoms with Crippen LogP contribution >= 0.6 is 0 Å². The molecule has 0 saturated heterocycles. The van der Waals surface area contributed by atoms with Crippen LogP contribution in [0.1, 0.15) is 206 Å². The molecule has 0 aromatic carbocycles. The molecule has 9 nitrogen and oxygen atoms in total. The molecule has 1 N–H and O–H groups in total. The molecular weight excluding hydrogens is 767 g/mol. The molecule has 0 aliphatic heterocycles. The molecular formula is C52H94NO8+. The van der Waals surface area contributed by atoms with Crippen molar-refractivity contribution in [1.82, 2.24) is 0 Å². The van der Waals surface area contributed by atoms with Gasteiger partial charge in [0.1, 0.15) is 13.2 Å². The van der Waals surface area contributed by atoms with Gasteiger partial charge in [-0.1, -0.05) is 191 Å². The Morgan fingerprint density at radius 3 is 1.39 bits per heavy atom. The summed E-state index contributed by atoms with van der Waals surface area (Å²) in [4.78, 5) is 37.2. The van der Waals surface area contributed by atoms with Crippen molar-refractivity contribution in [2.75, 3.05) is 47.5 Å². The van der Waals surface area contributed by atoms with E-state index in [1.807, 2.05) is 21.1 Å². The van der Waals surface area contributed by atoms with Crippen LogP contribution in [0, 0.1) is 0 Å². The fourth-order valence-corrected chi connectivity index (χ4v) is 6.77. The molecule has 0 spiro atoms. The van der Waals surface area contributed by atoms with Crippen molar-refractivity contribution in [1.29, 1.82) is 0 Å². The van der Waals surface area contributed by atoms with Crippen LogP contribution in [0.5, 0.6) is 0 Å². The first-order valence-corrected chi connectivity index (χ1v) is 24.8. The molecule has 0 saturated carbocycles. The first-order chi connectivity index (χ1) is 29.6. The lowest BCUT2D eigenvalue weighted by atomic mass is 10.0. The van der Waals surface area contributed by atoms with Gasteiger partial charge in [-0.05, 0) is 51.4 Å². The largest absolute Gasteiger partial charge is 0.477 e. The number of rotatable bonds is 45. The molecule has 0 aromatic rings. The number of esters is 2. The molecule has 61 heavy (non-hydrogen) atoms. The summed E-state index contributed by atoms with van der Waals surface area (Å²) in [5.41, 5.74) is 0. The smallest absolute Gasteiger partial charge is 0.361 e. The highest BCUT2D eigenvalue weighted by atomic mass is 16.7. The summed E-state index contributed by atoms with van der Waals surface area (Å²) >= 11 is 0. The second-order valence-electron chi connectivity index (χ2n) is 17.8. The topological polar surface area (TPSA) is 108 Å². The van der Waals surface area contributed by atoms with Gasteiger partial charge in [0.15, 0.2) is 6.10 Å². The Labute approximate surface area is 374 Å². The van der Waals surface area contributed by atoms with Gasteiger partial charge in [0, 0.05) is 12.8 Å². The predicted octanol–water partition coefficient (Wildman–Crippen LogP) is 13.6. The number of hydrogen-bond acceptors (Lipinski definition) is 7. The molecule has 2 unspecified atom stereocenters. The van der Waals surface area contributed by atoms with Crippen LogP contribution in [0.15, 0.2) is 48.6 Å². The fourth-order valence-electron chi connectivity index (χ4n) is 6.77. The Balaban J connectivity index is 4.39. The summed E-state index contributed by atoms with van der Waals surface area (Å²) in [6, 6.07) is 0. The number of quaternary nitrogens is 1. The quantitative estimate of drug-likeness (QED) is 0.0212. The van der Waals surface area contributed by atoms with Gasteiger partial charge in [-0.25, -0.2) is 4.79 Å². The third kappa shape index (κ3) is 45.1. The minimum Gasteiger partial charge on any atom is -0.477 e. The van der Waals surface area contributed by atoms with E-state index in [1.165, 1.54) is 89.9 Å². The van der Waals surface area contributed by atoms with Crippen molar-refractivity contribution in [2.24, 2.45) is 0 Å². The Kier molecular flexibility index (Phi) is 41.9. The summed E-state index contributed by atoms with van der Waals surface area (Å²) in [7, 11) is 5.95. The molecule has 2 atom stereocenters. The molecule has 0 rings (SSSR count). The van der Waals surface area contributed by atoms with E-state index >= 15 is 0 Å². The average molecular weight is 861 g/mol. The number of carboxylic acid groups (broad SMARTS) is 1. The van der Waals surface area contributed by atoms with Gasteiger partial charge in [-0.15, -0.1) is 0 Å².